The molecule has 0 aliphatic carbocycles. The predicted octanol–water partition coefficient (Wildman–Crippen LogP) is 1.53. The summed E-state index contributed by atoms with van der Waals surface area (Å²) in [7, 11) is 1.86. The molecule has 0 unspecified atom stereocenters. The van der Waals surface area contributed by atoms with E-state index in [2.05, 4.69) is 16.0 Å². The van der Waals surface area contributed by atoms with Crippen LogP contribution in [0.2, 0.25) is 0 Å². The number of anilines is 1. The maximum Gasteiger partial charge on any atom is 0.251 e. The summed E-state index contributed by atoms with van der Waals surface area (Å²) in [6.45, 7) is 2.21. The molecule has 1 aliphatic heterocycles. The second-order valence-corrected chi connectivity index (χ2v) is 5.69. The summed E-state index contributed by atoms with van der Waals surface area (Å²) < 4.78 is 5.28. The van der Waals surface area contributed by atoms with E-state index in [1.54, 1.807) is 24.3 Å². The van der Waals surface area contributed by atoms with Gasteiger partial charge in [-0.05, 0) is 57.1 Å². The van der Waals surface area contributed by atoms with Gasteiger partial charge in [0.1, 0.15) is 0 Å². The molecular formula is C17H25N3O3. The first-order valence-electron chi connectivity index (χ1n) is 8.12. The van der Waals surface area contributed by atoms with E-state index < -0.39 is 0 Å². The van der Waals surface area contributed by atoms with E-state index in [-0.39, 0.29) is 17.9 Å². The lowest BCUT2D eigenvalue weighted by molar-refractivity contribution is -0.116. The van der Waals surface area contributed by atoms with Gasteiger partial charge < -0.3 is 20.7 Å². The highest BCUT2D eigenvalue weighted by Crippen LogP contribution is 2.12. The molecular weight excluding hydrogens is 294 g/mol. The molecule has 0 spiro atoms. The maximum atomic E-state index is 12.2. The second-order valence-electron chi connectivity index (χ2n) is 5.69. The van der Waals surface area contributed by atoms with E-state index in [0.717, 1.165) is 25.8 Å². The summed E-state index contributed by atoms with van der Waals surface area (Å²) in [6.07, 6.45) is 2.99. The normalized spacial score (nSPS) is 15.2. The molecule has 0 bridgehead atoms. The third-order valence-corrected chi connectivity index (χ3v) is 3.82. The molecule has 1 fully saturated rings. The fourth-order valence-corrected chi connectivity index (χ4v) is 2.46. The third-order valence-electron chi connectivity index (χ3n) is 3.82. The van der Waals surface area contributed by atoms with Crippen LogP contribution in [0.3, 0.4) is 0 Å². The van der Waals surface area contributed by atoms with Crippen LogP contribution in [-0.2, 0) is 9.53 Å². The lowest BCUT2D eigenvalue weighted by Gasteiger charge is -2.23. The number of hydrogen-bond donors (Lipinski definition) is 3. The summed E-state index contributed by atoms with van der Waals surface area (Å²) in [6, 6.07) is 7.17. The zero-order chi connectivity index (χ0) is 16.5. The van der Waals surface area contributed by atoms with E-state index in [4.69, 9.17) is 4.74 Å². The van der Waals surface area contributed by atoms with Crippen LogP contribution in [0, 0.1) is 0 Å². The first-order valence-corrected chi connectivity index (χ1v) is 8.12. The molecule has 6 nitrogen and oxygen atoms in total. The highest BCUT2D eigenvalue weighted by molar-refractivity contribution is 5.95. The molecule has 23 heavy (non-hydrogen) atoms. The smallest absolute Gasteiger partial charge is 0.251 e. The third kappa shape index (κ3) is 6.00. The Hall–Kier alpha value is -1.92. The zero-order valence-corrected chi connectivity index (χ0v) is 13.6. The van der Waals surface area contributed by atoms with E-state index in [9.17, 15) is 9.59 Å². The topological polar surface area (TPSA) is 79.5 Å². The predicted molar refractivity (Wildman–Crippen MR) is 89.5 cm³/mol. The summed E-state index contributed by atoms with van der Waals surface area (Å²) in [4.78, 5) is 23.9. The highest BCUT2D eigenvalue weighted by Gasteiger charge is 2.16. The Labute approximate surface area is 137 Å². The molecule has 0 saturated carbocycles. The Morgan fingerprint density at radius 2 is 1.87 bits per heavy atom. The van der Waals surface area contributed by atoms with Gasteiger partial charge >= 0.3 is 0 Å². The molecule has 1 aromatic rings. The minimum absolute atomic E-state index is 0.0142. The van der Waals surface area contributed by atoms with Gasteiger partial charge in [-0.3, -0.25) is 9.59 Å². The first kappa shape index (κ1) is 17.4. The quantitative estimate of drug-likeness (QED) is 0.666. The first-order chi connectivity index (χ1) is 11.2. The fourth-order valence-electron chi connectivity index (χ4n) is 2.46. The molecule has 0 radical (unpaired) electrons. The summed E-state index contributed by atoms with van der Waals surface area (Å²) >= 11 is 0. The van der Waals surface area contributed by atoms with Crippen LogP contribution >= 0.6 is 0 Å². The van der Waals surface area contributed by atoms with Gasteiger partial charge in [0, 0.05) is 36.9 Å². The van der Waals surface area contributed by atoms with Crippen LogP contribution in [0.5, 0.6) is 0 Å². The molecule has 1 aromatic carbocycles. The van der Waals surface area contributed by atoms with Crippen molar-refractivity contribution in [3.05, 3.63) is 29.8 Å². The van der Waals surface area contributed by atoms with Gasteiger partial charge in [-0.1, -0.05) is 0 Å². The van der Waals surface area contributed by atoms with Crippen LogP contribution in [0.15, 0.2) is 24.3 Å². The van der Waals surface area contributed by atoms with E-state index >= 15 is 0 Å². The largest absolute Gasteiger partial charge is 0.381 e. The minimum atomic E-state index is -0.0798. The van der Waals surface area contributed by atoms with Gasteiger partial charge in [0.05, 0.1) is 0 Å². The van der Waals surface area contributed by atoms with Crippen LogP contribution in [0.25, 0.3) is 0 Å². The average Bonchev–Trinajstić information content (AvgIpc) is 2.56. The SMILES string of the molecule is CNCCCC(=O)Nc1ccc(C(=O)NC2CCOCC2)cc1. The van der Waals surface area contributed by atoms with Gasteiger partial charge in [-0.2, -0.15) is 0 Å². The number of rotatable bonds is 7. The van der Waals surface area contributed by atoms with Crippen molar-refractivity contribution >= 4 is 17.5 Å². The molecule has 126 valence electrons. The van der Waals surface area contributed by atoms with Crippen molar-refractivity contribution in [2.24, 2.45) is 0 Å². The fraction of sp³-hybridized carbons (Fsp3) is 0.529. The molecule has 2 amide bonds. The summed E-state index contributed by atoms with van der Waals surface area (Å²) in [5, 5.41) is 8.86. The number of carbonyl (C=O) groups excluding carboxylic acids is 2. The van der Waals surface area contributed by atoms with Crippen LogP contribution in [0.4, 0.5) is 5.69 Å². The number of amides is 2. The number of benzene rings is 1. The minimum Gasteiger partial charge on any atom is -0.381 e. The molecule has 1 saturated heterocycles. The van der Waals surface area contributed by atoms with Gasteiger partial charge in [0.25, 0.3) is 5.91 Å². The Kier molecular flexibility index (Phi) is 7.03. The molecule has 1 heterocycles. The van der Waals surface area contributed by atoms with E-state index in [1.165, 1.54) is 0 Å². The molecule has 1 aliphatic rings. The Morgan fingerprint density at radius 1 is 1.17 bits per heavy atom. The molecule has 3 N–H and O–H groups in total. The lowest BCUT2D eigenvalue weighted by atomic mass is 10.1. The van der Waals surface area contributed by atoms with Gasteiger partial charge in [0.15, 0.2) is 0 Å². The average molecular weight is 319 g/mol. The second kappa shape index (κ2) is 9.27. The molecule has 0 atom stereocenters. The highest BCUT2D eigenvalue weighted by atomic mass is 16.5. The van der Waals surface area contributed by atoms with Gasteiger partial charge in [-0.25, -0.2) is 0 Å². The molecule has 6 heteroatoms. The lowest BCUT2D eigenvalue weighted by Crippen LogP contribution is -2.38. The number of ether oxygens (including phenoxy) is 1. The van der Waals surface area contributed by atoms with Crippen LogP contribution < -0.4 is 16.0 Å². The molecule has 0 aromatic heterocycles. The summed E-state index contributed by atoms with van der Waals surface area (Å²) in [5.41, 5.74) is 1.31. The standard InChI is InChI=1S/C17H25N3O3/c1-18-10-2-3-16(21)19-14-6-4-13(5-7-14)17(22)20-15-8-11-23-12-9-15/h4-7,15,18H,2-3,8-12H2,1H3,(H,19,21)(H,20,22). The van der Waals surface area contributed by atoms with Crippen LogP contribution in [-0.4, -0.2) is 44.7 Å². The Balaban J connectivity index is 1.81. The van der Waals surface area contributed by atoms with Crippen molar-refractivity contribution in [1.29, 1.82) is 0 Å². The van der Waals surface area contributed by atoms with Gasteiger partial charge in [-0.15, -0.1) is 0 Å². The monoisotopic (exact) mass is 319 g/mol. The van der Waals surface area contributed by atoms with Crippen LogP contribution in [0.1, 0.15) is 36.0 Å². The maximum absolute atomic E-state index is 12.2. The molecule has 2 rings (SSSR count). The Bertz CT molecular complexity index is 510. The van der Waals surface area contributed by atoms with Crippen molar-refractivity contribution in [3.63, 3.8) is 0 Å². The van der Waals surface area contributed by atoms with E-state index in [0.29, 0.717) is 30.9 Å². The van der Waals surface area contributed by atoms with Crippen molar-refractivity contribution in [2.75, 3.05) is 32.1 Å². The summed E-state index contributed by atoms with van der Waals surface area (Å²) in [5.74, 6) is -0.0940. The number of nitrogens with one attached hydrogen (secondary N) is 3. The van der Waals surface area contributed by atoms with Crippen molar-refractivity contribution in [3.8, 4) is 0 Å². The van der Waals surface area contributed by atoms with E-state index in [1.807, 2.05) is 7.05 Å². The zero-order valence-electron chi connectivity index (χ0n) is 13.6. The van der Waals surface area contributed by atoms with Crippen molar-refractivity contribution < 1.29 is 14.3 Å². The van der Waals surface area contributed by atoms with Gasteiger partial charge in [0.2, 0.25) is 5.91 Å². The Morgan fingerprint density at radius 3 is 2.52 bits per heavy atom. The van der Waals surface area contributed by atoms with Crippen molar-refractivity contribution in [2.45, 2.75) is 31.7 Å². The number of carbonyl (C=O) groups is 2. The number of hydrogen-bond acceptors (Lipinski definition) is 4. The van der Waals surface area contributed by atoms with Crippen molar-refractivity contribution in [1.82, 2.24) is 10.6 Å².